The van der Waals surface area contributed by atoms with Crippen molar-refractivity contribution in [3.63, 3.8) is 0 Å². The van der Waals surface area contributed by atoms with Crippen LogP contribution < -0.4 is 4.90 Å². The maximum Gasteiger partial charge on any atom is 0.225 e. The molecule has 6 heteroatoms. The van der Waals surface area contributed by atoms with Crippen LogP contribution in [0.4, 0.5) is 5.13 Å². The smallest absolute Gasteiger partial charge is 0.225 e. The van der Waals surface area contributed by atoms with Crippen LogP contribution in [0.25, 0.3) is 0 Å². The molecule has 0 aromatic carbocycles. The van der Waals surface area contributed by atoms with E-state index in [4.69, 9.17) is 0 Å². The van der Waals surface area contributed by atoms with Crippen molar-refractivity contribution in [2.24, 2.45) is 5.92 Å². The second-order valence-corrected chi connectivity index (χ2v) is 6.76. The van der Waals surface area contributed by atoms with Gasteiger partial charge in [-0.2, -0.15) is 4.37 Å². The number of nitrogens with zero attached hydrogens (tertiary/aromatic N) is 4. The van der Waals surface area contributed by atoms with Gasteiger partial charge in [-0.1, -0.05) is 13.8 Å². The van der Waals surface area contributed by atoms with E-state index >= 15 is 0 Å². The minimum Gasteiger partial charge on any atom is -0.345 e. The number of carbonyl (C=O) groups is 1. The van der Waals surface area contributed by atoms with E-state index in [1.54, 1.807) is 0 Å². The lowest BCUT2D eigenvalue weighted by molar-refractivity contribution is -0.132. The number of amides is 1. The maximum absolute atomic E-state index is 12.1. The highest BCUT2D eigenvalue weighted by atomic mass is 32.1. The Kier molecular flexibility index (Phi) is 3.92. The van der Waals surface area contributed by atoms with E-state index in [0.29, 0.717) is 17.7 Å². The molecule has 0 unspecified atom stereocenters. The monoisotopic (exact) mass is 294 g/mol. The summed E-state index contributed by atoms with van der Waals surface area (Å²) in [7, 11) is 0. The average molecular weight is 294 g/mol. The zero-order valence-electron chi connectivity index (χ0n) is 12.2. The minimum atomic E-state index is 0.329. The Hall–Kier alpha value is -1.17. The molecule has 1 aromatic rings. The summed E-state index contributed by atoms with van der Waals surface area (Å²) in [6.07, 6.45) is 3.20. The van der Waals surface area contributed by atoms with E-state index in [1.165, 1.54) is 11.5 Å². The van der Waals surface area contributed by atoms with E-state index in [9.17, 15) is 4.79 Å². The van der Waals surface area contributed by atoms with Gasteiger partial charge in [-0.3, -0.25) is 4.79 Å². The molecule has 3 rings (SSSR count). The SMILES string of the molecule is CC(C)c1nsc(N2CCCN(C(=O)C3CC3)CC2)n1. The molecule has 0 atom stereocenters. The predicted octanol–water partition coefficient (Wildman–Crippen LogP) is 2.11. The third-order valence-electron chi connectivity index (χ3n) is 3.95. The van der Waals surface area contributed by atoms with Crippen molar-refractivity contribution < 1.29 is 4.79 Å². The predicted molar refractivity (Wildman–Crippen MR) is 80.1 cm³/mol. The van der Waals surface area contributed by atoms with Crippen LogP contribution in [0, 0.1) is 5.92 Å². The van der Waals surface area contributed by atoms with Crippen molar-refractivity contribution in [3.8, 4) is 0 Å². The Balaban J connectivity index is 1.62. The van der Waals surface area contributed by atoms with Crippen molar-refractivity contribution in [2.45, 2.75) is 39.0 Å². The standard InChI is InChI=1S/C14H22N4OS/c1-10(2)12-15-14(20-16-12)18-7-3-6-17(8-9-18)13(19)11-4-5-11/h10-11H,3-9H2,1-2H3. The van der Waals surface area contributed by atoms with Crippen LogP contribution in [0.3, 0.4) is 0 Å². The Labute approximate surface area is 124 Å². The zero-order chi connectivity index (χ0) is 14.1. The molecule has 1 aliphatic carbocycles. The summed E-state index contributed by atoms with van der Waals surface area (Å²) in [5.74, 6) is 2.00. The van der Waals surface area contributed by atoms with Gasteiger partial charge in [-0.15, -0.1) is 0 Å². The van der Waals surface area contributed by atoms with Crippen LogP contribution in [0.2, 0.25) is 0 Å². The van der Waals surface area contributed by atoms with Crippen LogP contribution in [-0.2, 0) is 4.79 Å². The van der Waals surface area contributed by atoms with Crippen molar-refractivity contribution >= 4 is 22.6 Å². The van der Waals surface area contributed by atoms with Gasteiger partial charge in [0.1, 0.15) is 5.82 Å². The zero-order valence-corrected chi connectivity index (χ0v) is 13.0. The third-order valence-corrected chi connectivity index (χ3v) is 4.74. The first-order chi connectivity index (χ1) is 9.65. The van der Waals surface area contributed by atoms with Crippen molar-refractivity contribution in [1.29, 1.82) is 0 Å². The molecule has 110 valence electrons. The Morgan fingerprint density at radius 2 is 2.05 bits per heavy atom. The van der Waals surface area contributed by atoms with E-state index in [2.05, 4.69) is 28.1 Å². The molecule has 1 saturated carbocycles. The molecule has 20 heavy (non-hydrogen) atoms. The molecule has 1 saturated heterocycles. The summed E-state index contributed by atoms with van der Waals surface area (Å²) in [6, 6.07) is 0. The van der Waals surface area contributed by atoms with E-state index in [-0.39, 0.29) is 0 Å². The molecule has 1 aromatic heterocycles. The molecular formula is C14H22N4OS. The summed E-state index contributed by atoms with van der Waals surface area (Å²) < 4.78 is 4.42. The summed E-state index contributed by atoms with van der Waals surface area (Å²) in [5, 5.41) is 1.01. The van der Waals surface area contributed by atoms with Crippen LogP contribution in [0.15, 0.2) is 0 Å². The van der Waals surface area contributed by atoms with Gasteiger partial charge in [-0.05, 0) is 19.3 Å². The molecule has 0 bridgehead atoms. The molecule has 2 aliphatic rings. The Morgan fingerprint density at radius 1 is 1.25 bits per heavy atom. The lowest BCUT2D eigenvalue weighted by Gasteiger charge is -2.21. The van der Waals surface area contributed by atoms with Crippen LogP contribution >= 0.6 is 11.5 Å². The van der Waals surface area contributed by atoms with Gasteiger partial charge in [0, 0.05) is 49.5 Å². The molecule has 1 amide bonds. The van der Waals surface area contributed by atoms with E-state index in [1.807, 2.05) is 4.90 Å². The summed E-state index contributed by atoms with van der Waals surface area (Å²) >= 11 is 1.48. The fourth-order valence-electron chi connectivity index (χ4n) is 2.51. The van der Waals surface area contributed by atoms with Gasteiger partial charge < -0.3 is 9.80 Å². The van der Waals surface area contributed by atoms with Gasteiger partial charge in [0.25, 0.3) is 0 Å². The highest BCUT2D eigenvalue weighted by Crippen LogP contribution is 2.31. The summed E-state index contributed by atoms with van der Waals surface area (Å²) in [4.78, 5) is 21.1. The number of rotatable bonds is 3. The van der Waals surface area contributed by atoms with Crippen LogP contribution in [0.1, 0.15) is 44.9 Å². The second-order valence-electron chi connectivity index (χ2n) is 6.03. The first kappa shape index (κ1) is 13.8. The molecule has 2 fully saturated rings. The molecule has 0 radical (unpaired) electrons. The highest BCUT2D eigenvalue weighted by molar-refractivity contribution is 7.09. The van der Waals surface area contributed by atoms with Gasteiger partial charge in [-0.25, -0.2) is 4.98 Å². The van der Waals surface area contributed by atoms with Crippen molar-refractivity contribution in [2.75, 3.05) is 31.1 Å². The lowest BCUT2D eigenvalue weighted by atomic mass is 10.2. The fourth-order valence-corrected chi connectivity index (χ4v) is 3.37. The van der Waals surface area contributed by atoms with Crippen molar-refractivity contribution in [3.05, 3.63) is 5.82 Å². The number of aromatic nitrogens is 2. The van der Waals surface area contributed by atoms with Gasteiger partial charge in [0.15, 0.2) is 0 Å². The third kappa shape index (κ3) is 2.95. The lowest BCUT2D eigenvalue weighted by Crippen LogP contribution is -2.36. The highest BCUT2D eigenvalue weighted by Gasteiger charge is 2.34. The first-order valence-electron chi connectivity index (χ1n) is 7.52. The average Bonchev–Trinajstić information content (AvgIpc) is 3.20. The molecule has 1 aliphatic heterocycles. The number of anilines is 1. The summed E-state index contributed by atoms with van der Waals surface area (Å²) in [6.45, 7) is 7.80. The van der Waals surface area contributed by atoms with Crippen LogP contribution in [0.5, 0.6) is 0 Å². The fraction of sp³-hybridized carbons (Fsp3) is 0.786. The first-order valence-corrected chi connectivity index (χ1v) is 8.30. The molecular weight excluding hydrogens is 272 g/mol. The molecule has 5 nitrogen and oxygen atoms in total. The summed E-state index contributed by atoms with van der Waals surface area (Å²) in [5.41, 5.74) is 0. The Bertz CT molecular complexity index is 483. The topological polar surface area (TPSA) is 49.3 Å². The maximum atomic E-state index is 12.1. The van der Waals surface area contributed by atoms with Crippen molar-refractivity contribution in [1.82, 2.24) is 14.3 Å². The number of hydrogen-bond acceptors (Lipinski definition) is 5. The molecule has 0 spiro atoms. The molecule has 0 N–H and O–H groups in total. The van der Waals surface area contributed by atoms with Gasteiger partial charge in [0.2, 0.25) is 11.0 Å². The number of carbonyl (C=O) groups excluding carboxylic acids is 1. The Morgan fingerprint density at radius 3 is 2.70 bits per heavy atom. The quantitative estimate of drug-likeness (QED) is 0.857. The molecule has 2 heterocycles. The van der Waals surface area contributed by atoms with Gasteiger partial charge >= 0.3 is 0 Å². The van der Waals surface area contributed by atoms with Gasteiger partial charge in [0.05, 0.1) is 0 Å². The largest absolute Gasteiger partial charge is 0.345 e. The normalized spacial score (nSPS) is 20.4. The van der Waals surface area contributed by atoms with Crippen LogP contribution in [-0.4, -0.2) is 46.3 Å². The number of hydrogen-bond donors (Lipinski definition) is 0. The minimum absolute atomic E-state index is 0.329. The van der Waals surface area contributed by atoms with E-state index < -0.39 is 0 Å². The van der Waals surface area contributed by atoms with E-state index in [0.717, 1.165) is 56.4 Å². The second kappa shape index (κ2) is 5.68.